The fraction of sp³-hybridized carbons (Fsp3) is 0.410. The predicted octanol–water partition coefficient (Wildman–Crippen LogP) is 8.25. The Balaban J connectivity index is 1.42. The van der Waals surface area contributed by atoms with E-state index >= 15 is 0 Å². The van der Waals surface area contributed by atoms with E-state index in [1.165, 1.54) is 12.8 Å². The van der Waals surface area contributed by atoms with Gasteiger partial charge in [0.15, 0.2) is 5.78 Å². The summed E-state index contributed by atoms with van der Waals surface area (Å²) in [6.07, 6.45) is 13.0. The Labute approximate surface area is 272 Å². The maximum absolute atomic E-state index is 14.3. The van der Waals surface area contributed by atoms with Gasteiger partial charge in [0.25, 0.3) is 0 Å². The number of ketones is 1. The molecule has 0 N–H and O–H groups in total. The zero-order chi connectivity index (χ0) is 32.3. The molecule has 242 valence electrons. The number of esters is 2. The number of hydrogen-bond acceptors (Lipinski definition) is 7. The van der Waals surface area contributed by atoms with Gasteiger partial charge < -0.3 is 19.1 Å². The normalized spacial score (nSPS) is 16.4. The number of carbonyl (C=O) groups excluding carboxylic acids is 3. The average Bonchev–Trinajstić information content (AvgIpc) is 3.59. The Morgan fingerprint density at radius 2 is 1.57 bits per heavy atom. The van der Waals surface area contributed by atoms with Gasteiger partial charge in [-0.05, 0) is 97.4 Å². The summed E-state index contributed by atoms with van der Waals surface area (Å²) in [6.45, 7) is 7.95. The number of benzene rings is 3. The first-order valence-corrected chi connectivity index (χ1v) is 16.8. The monoisotopic (exact) mass is 623 g/mol. The highest BCUT2D eigenvalue weighted by Gasteiger charge is 2.23. The standard InChI is InChI=1S/C39H45NO6/c1-3-5-12-36(41)45-32-11-9-10-29(26-32)34-20-16-30-27-33(46-37(42)13-6-4-2)19-21-35(30)38(34)39(43)28-14-17-31(18-15-28)44-25-24-40-22-7-8-23-40/h9-11,14-17,19-21,26-27,31H,3-8,12-13,18,22-25H2,1-2H3. The number of fused-ring (bicyclic) bond motifs is 1. The minimum Gasteiger partial charge on any atom is -0.427 e. The van der Waals surface area contributed by atoms with Crippen molar-refractivity contribution < 1.29 is 28.6 Å². The molecule has 0 aromatic heterocycles. The molecule has 0 saturated carbocycles. The van der Waals surface area contributed by atoms with Crippen LogP contribution in [0.2, 0.25) is 0 Å². The van der Waals surface area contributed by atoms with E-state index in [2.05, 4.69) is 4.90 Å². The summed E-state index contributed by atoms with van der Waals surface area (Å²) in [4.78, 5) is 41.4. The van der Waals surface area contributed by atoms with E-state index in [4.69, 9.17) is 14.2 Å². The summed E-state index contributed by atoms with van der Waals surface area (Å²) in [5.74, 6) is 0.243. The van der Waals surface area contributed by atoms with Crippen molar-refractivity contribution in [3.63, 3.8) is 0 Å². The topological polar surface area (TPSA) is 82.1 Å². The molecule has 1 fully saturated rings. The Morgan fingerprint density at radius 1 is 0.848 bits per heavy atom. The Bertz CT molecular complexity index is 1600. The van der Waals surface area contributed by atoms with Gasteiger partial charge in [0.05, 0.1) is 12.7 Å². The molecule has 1 atom stereocenters. The Morgan fingerprint density at radius 3 is 2.24 bits per heavy atom. The first-order valence-electron chi connectivity index (χ1n) is 16.8. The van der Waals surface area contributed by atoms with E-state index in [-0.39, 0.29) is 23.8 Å². The third-order valence-electron chi connectivity index (χ3n) is 8.56. The fourth-order valence-electron chi connectivity index (χ4n) is 5.97. The molecule has 0 amide bonds. The molecule has 1 unspecified atom stereocenters. The van der Waals surface area contributed by atoms with Gasteiger partial charge in [-0.2, -0.15) is 0 Å². The number of nitrogens with zero attached hydrogens (tertiary/aromatic N) is 1. The first-order chi connectivity index (χ1) is 22.4. The van der Waals surface area contributed by atoms with Crippen molar-refractivity contribution in [3.05, 3.63) is 84.0 Å². The number of carbonyl (C=O) groups is 3. The van der Waals surface area contributed by atoms with E-state index in [9.17, 15) is 14.4 Å². The van der Waals surface area contributed by atoms with E-state index in [1.807, 2.05) is 62.4 Å². The maximum atomic E-state index is 14.3. The zero-order valence-electron chi connectivity index (χ0n) is 27.1. The van der Waals surface area contributed by atoms with Crippen molar-refractivity contribution in [1.29, 1.82) is 0 Å². The Kier molecular flexibility index (Phi) is 11.9. The lowest BCUT2D eigenvalue weighted by Crippen LogP contribution is -2.26. The highest BCUT2D eigenvalue weighted by Crippen LogP contribution is 2.36. The van der Waals surface area contributed by atoms with Crippen molar-refractivity contribution in [3.8, 4) is 22.6 Å². The van der Waals surface area contributed by atoms with Crippen LogP contribution in [-0.4, -0.2) is 55.0 Å². The van der Waals surface area contributed by atoms with Crippen LogP contribution >= 0.6 is 0 Å². The third-order valence-corrected chi connectivity index (χ3v) is 8.56. The molecule has 1 aliphatic heterocycles. The van der Waals surface area contributed by atoms with Crippen molar-refractivity contribution in [2.24, 2.45) is 0 Å². The lowest BCUT2D eigenvalue weighted by molar-refractivity contribution is -0.135. The van der Waals surface area contributed by atoms with Crippen LogP contribution < -0.4 is 9.47 Å². The number of ether oxygens (including phenoxy) is 3. The largest absolute Gasteiger partial charge is 0.427 e. The number of hydrogen-bond donors (Lipinski definition) is 0. The second-order valence-electron chi connectivity index (χ2n) is 12.1. The molecule has 3 aromatic carbocycles. The lowest BCUT2D eigenvalue weighted by Gasteiger charge is -2.20. The molecule has 1 saturated heterocycles. The van der Waals surface area contributed by atoms with Crippen LogP contribution in [0.1, 0.15) is 82.0 Å². The van der Waals surface area contributed by atoms with Crippen LogP contribution in [-0.2, 0) is 14.3 Å². The van der Waals surface area contributed by atoms with Gasteiger partial charge in [0.2, 0.25) is 0 Å². The molecule has 1 aliphatic carbocycles. The van der Waals surface area contributed by atoms with Gasteiger partial charge in [0, 0.05) is 30.5 Å². The minimum atomic E-state index is -0.274. The molecule has 5 rings (SSSR count). The minimum absolute atomic E-state index is 0.0600. The summed E-state index contributed by atoms with van der Waals surface area (Å²) >= 11 is 0. The van der Waals surface area contributed by atoms with E-state index < -0.39 is 0 Å². The SMILES string of the molecule is CCCCC(=O)Oc1cccc(-c2ccc3cc(OC(=O)CCCC)ccc3c2C(=O)C2=CCC(OCCN3CCCC3)C=C2)c1. The molecule has 2 aliphatic rings. The predicted molar refractivity (Wildman–Crippen MR) is 181 cm³/mol. The van der Waals surface area contributed by atoms with Gasteiger partial charge in [-0.25, -0.2) is 0 Å². The van der Waals surface area contributed by atoms with Gasteiger partial charge in [0.1, 0.15) is 11.5 Å². The summed E-state index contributed by atoms with van der Waals surface area (Å²) in [6, 6.07) is 16.6. The van der Waals surface area contributed by atoms with Crippen LogP contribution in [0.15, 0.2) is 78.4 Å². The maximum Gasteiger partial charge on any atom is 0.311 e. The van der Waals surface area contributed by atoms with Crippen LogP contribution in [0.25, 0.3) is 21.9 Å². The fourth-order valence-corrected chi connectivity index (χ4v) is 5.97. The number of rotatable bonds is 15. The zero-order valence-corrected chi connectivity index (χ0v) is 27.1. The summed E-state index contributed by atoms with van der Waals surface area (Å²) in [5, 5.41) is 1.54. The smallest absolute Gasteiger partial charge is 0.311 e. The van der Waals surface area contributed by atoms with Crippen molar-refractivity contribution in [2.75, 3.05) is 26.2 Å². The third kappa shape index (κ3) is 8.80. The summed E-state index contributed by atoms with van der Waals surface area (Å²) in [7, 11) is 0. The molecule has 0 bridgehead atoms. The molecule has 7 heteroatoms. The highest BCUT2D eigenvalue weighted by molar-refractivity contribution is 6.21. The number of Topliss-reactive ketones (excluding diaryl/α,β-unsaturated/α-hetero) is 1. The molecule has 7 nitrogen and oxygen atoms in total. The number of likely N-dealkylation sites (tertiary alicyclic amines) is 1. The molecule has 0 spiro atoms. The van der Waals surface area contributed by atoms with Gasteiger partial charge in [-0.15, -0.1) is 0 Å². The quantitative estimate of drug-likeness (QED) is 0.0958. The van der Waals surface area contributed by atoms with Gasteiger partial charge in [-0.1, -0.05) is 69.2 Å². The summed E-state index contributed by atoms with van der Waals surface area (Å²) < 4.78 is 17.3. The number of unbranched alkanes of at least 4 members (excludes halogenated alkanes) is 2. The number of allylic oxidation sites excluding steroid dienone is 2. The lowest BCUT2D eigenvalue weighted by atomic mass is 9.87. The van der Waals surface area contributed by atoms with Crippen molar-refractivity contribution in [2.45, 2.75) is 77.7 Å². The summed E-state index contributed by atoms with van der Waals surface area (Å²) in [5.41, 5.74) is 2.64. The van der Waals surface area contributed by atoms with Gasteiger partial charge >= 0.3 is 11.9 Å². The molecule has 46 heavy (non-hydrogen) atoms. The highest BCUT2D eigenvalue weighted by atomic mass is 16.5. The van der Waals surface area contributed by atoms with Crippen LogP contribution in [0.3, 0.4) is 0 Å². The second kappa shape index (κ2) is 16.5. The second-order valence-corrected chi connectivity index (χ2v) is 12.1. The van der Waals surface area contributed by atoms with Crippen LogP contribution in [0.5, 0.6) is 11.5 Å². The molecular weight excluding hydrogens is 578 g/mol. The van der Waals surface area contributed by atoms with Crippen LogP contribution in [0.4, 0.5) is 0 Å². The average molecular weight is 624 g/mol. The van der Waals surface area contributed by atoms with Crippen molar-refractivity contribution >= 4 is 28.5 Å². The molecule has 3 aromatic rings. The molecule has 0 radical (unpaired) electrons. The first kappa shape index (κ1) is 33.3. The molecular formula is C39H45NO6. The molecule has 1 heterocycles. The van der Waals surface area contributed by atoms with Gasteiger partial charge in [-0.3, -0.25) is 14.4 Å². The van der Waals surface area contributed by atoms with Crippen molar-refractivity contribution in [1.82, 2.24) is 4.90 Å². The van der Waals surface area contributed by atoms with E-state index in [0.717, 1.165) is 67.2 Å². The van der Waals surface area contributed by atoms with Crippen LogP contribution in [0, 0.1) is 0 Å². The van der Waals surface area contributed by atoms with E-state index in [0.29, 0.717) is 48.5 Å². The van der Waals surface area contributed by atoms with E-state index in [1.54, 1.807) is 24.3 Å². The Hall–Kier alpha value is -4.07.